The summed E-state index contributed by atoms with van der Waals surface area (Å²) < 4.78 is 9.77. The van der Waals surface area contributed by atoms with E-state index < -0.39 is 5.97 Å². The second-order valence-electron chi connectivity index (χ2n) is 6.31. The molecule has 3 aromatic carbocycles. The van der Waals surface area contributed by atoms with Crippen LogP contribution in [-0.4, -0.2) is 31.2 Å². The topological polar surface area (TPSA) is 84.9 Å². The van der Waals surface area contributed by atoms with E-state index in [9.17, 15) is 14.7 Å². The molecule has 0 aliphatic carbocycles. The Labute approximate surface area is 168 Å². The van der Waals surface area contributed by atoms with Crippen LogP contribution in [0.5, 0.6) is 11.5 Å². The van der Waals surface area contributed by atoms with Gasteiger partial charge in [0.25, 0.3) is 5.91 Å². The van der Waals surface area contributed by atoms with Gasteiger partial charge in [0, 0.05) is 12.1 Å². The smallest absolute Gasteiger partial charge is 0.341 e. The molecule has 0 fully saturated rings. The van der Waals surface area contributed by atoms with Crippen molar-refractivity contribution in [2.75, 3.05) is 14.2 Å². The van der Waals surface area contributed by atoms with Crippen LogP contribution in [0.1, 0.15) is 26.3 Å². The summed E-state index contributed by atoms with van der Waals surface area (Å²) in [5.41, 5.74) is 3.18. The molecule has 0 radical (unpaired) electrons. The number of nitrogens with one attached hydrogen (secondary N) is 1. The molecule has 0 atom stereocenters. The van der Waals surface area contributed by atoms with E-state index in [-0.39, 0.29) is 29.5 Å². The predicted molar refractivity (Wildman–Crippen MR) is 109 cm³/mol. The molecule has 6 heteroatoms. The Kier molecular flexibility index (Phi) is 6.14. The third-order valence-electron chi connectivity index (χ3n) is 4.47. The fraction of sp³-hybridized carbons (Fsp3) is 0.130. The maximum absolute atomic E-state index is 12.5. The molecule has 0 spiro atoms. The van der Waals surface area contributed by atoms with Gasteiger partial charge in [-0.05, 0) is 41.0 Å². The van der Waals surface area contributed by atoms with Crippen molar-refractivity contribution in [1.82, 2.24) is 5.32 Å². The molecule has 148 valence electrons. The summed E-state index contributed by atoms with van der Waals surface area (Å²) in [7, 11) is 2.61. The molecule has 0 aliphatic heterocycles. The summed E-state index contributed by atoms with van der Waals surface area (Å²) in [6.07, 6.45) is 0. The number of amides is 1. The Morgan fingerprint density at radius 3 is 2.21 bits per heavy atom. The van der Waals surface area contributed by atoms with Crippen molar-refractivity contribution in [3.63, 3.8) is 0 Å². The van der Waals surface area contributed by atoms with E-state index in [1.807, 2.05) is 42.5 Å². The second-order valence-corrected chi connectivity index (χ2v) is 6.31. The lowest BCUT2D eigenvalue weighted by Gasteiger charge is -2.12. The quantitative estimate of drug-likeness (QED) is 0.625. The molecule has 0 aromatic heterocycles. The number of hydrogen-bond donors (Lipinski definition) is 2. The Morgan fingerprint density at radius 2 is 1.59 bits per heavy atom. The average Bonchev–Trinajstić information content (AvgIpc) is 2.78. The molecule has 0 saturated heterocycles. The Balaban J connectivity index is 1.73. The summed E-state index contributed by atoms with van der Waals surface area (Å²) in [4.78, 5) is 24.3. The van der Waals surface area contributed by atoms with Crippen LogP contribution in [-0.2, 0) is 11.3 Å². The van der Waals surface area contributed by atoms with Gasteiger partial charge in [-0.1, -0.05) is 42.5 Å². The number of aromatic hydroxyl groups is 1. The van der Waals surface area contributed by atoms with E-state index >= 15 is 0 Å². The fourth-order valence-corrected chi connectivity index (χ4v) is 2.92. The van der Waals surface area contributed by atoms with Crippen LogP contribution in [0.4, 0.5) is 0 Å². The first kappa shape index (κ1) is 19.9. The van der Waals surface area contributed by atoms with Crippen LogP contribution in [0.15, 0.2) is 66.7 Å². The molecule has 29 heavy (non-hydrogen) atoms. The first-order chi connectivity index (χ1) is 14.0. The van der Waals surface area contributed by atoms with Crippen molar-refractivity contribution in [2.45, 2.75) is 6.54 Å². The van der Waals surface area contributed by atoms with Crippen molar-refractivity contribution >= 4 is 11.9 Å². The van der Waals surface area contributed by atoms with E-state index in [1.54, 1.807) is 18.2 Å². The zero-order chi connectivity index (χ0) is 20.8. The molecule has 3 aromatic rings. The van der Waals surface area contributed by atoms with Crippen molar-refractivity contribution in [3.8, 4) is 22.6 Å². The Hall–Kier alpha value is -3.80. The molecule has 6 nitrogen and oxygen atoms in total. The van der Waals surface area contributed by atoms with Crippen molar-refractivity contribution < 1.29 is 24.2 Å². The molecule has 0 saturated carbocycles. The maximum atomic E-state index is 12.5. The third-order valence-corrected chi connectivity index (χ3v) is 4.47. The standard InChI is InChI=1S/C23H21NO5/c1-28-20-13-15(12-19(21(20)25)23(27)29-2)14-24-22(26)18-10-8-17(9-11-18)16-6-4-3-5-7-16/h3-13,25H,14H2,1-2H3,(H,24,26). The van der Waals surface area contributed by atoms with Gasteiger partial charge in [0.05, 0.1) is 14.2 Å². The normalized spacial score (nSPS) is 10.3. The lowest BCUT2D eigenvalue weighted by molar-refractivity contribution is 0.0596. The number of carbonyl (C=O) groups is 2. The van der Waals surface area contributed by atoms with Gasteiger partial charge in [0.2, 0.25) is 0 Å². The van der Waals surface area contributed by atoms with Crippen LogP contribution in [0, 0.1) is 0 Å². The molecule has 1 amide bonds. The molecular weight excluding hydrogens is 370 g/mol. The zero-order valence-corrected chi connectivity index (χ0v) is 16.1. The van der Waals surface area contributed by atoms with Gasteiger partial charge in [-0.25, -0.2) is 4.79 Å². The number of rotatable bonds is 6. The largest absolute Gasteiger partial charge is 0.504 e. The van der Waals surface area contributed by atoms with Crippen molar-refractivity contribution in [2.24, 2.45) is 0 Å². The van der Waals surface area contributed by atoms with Gasteiger partial charge in [-0.15, -0.1) is 0 Å². The number of phenols is 1. The predicted octanol–water partition coefficient (Wildman–Crippen LogP) is 3.78. The van der Waals surface area contributed by atoms with Crippen molar-refractivity contribution in [3.05, 3.63) is 83.4 Å². The SMILES string of the molecule is COC(=O)c1cc(CNC(=O)c2ccc(-c3ccccc3)cc2)cc(OC)c1O. The monoisotopic (exact) mass is 391 g/mol. The van der Waals surface area contributed by atoms with Gasteiger partial charge in [-0.3, -0.25) is 4.79 Å². The number of hydrogen-bond acceptors (Lipinski definition) is 5. The lowest BCUT2D eigenvalue weighted by Crippen LogP contribution is -2.23. The minimum atomic E-state index is -0.689. The first-order valence-corrected chi connectivity index (χ1v) is 8.95. The number of methoxy groups -OCH3 is 2. The number of carbonyl (C=O) groups excluding carboxylic acids is 2. The van der Waals surface area contributed by atoms with E-state index in [4.69, 9.17) is 4.74 Å². The van der Waals surface area contributed by atoms with Gasteiger partial charge < -0.3 is 19.9 Å². The van der Waals surface area contributed by atoms with E-state index in [0.717, 1.165) is 11.1 Å². The van der Waals surface area contributed by atoms with E-state index in [0.29, 0.717) is 11.1 Å². The lowest BCUT2D eigenvalue weighted by atomic mass is 10.0. The average molecular weight is 391 g/mol. The molecule has 2 N–H and O–H groups in total. The highest BCUT2D eigenvalue weighted by atomic mass is 16.5. The van der Waals surface area contributed by atoms with Crippen LogP contribution in [0.3, 0.4) is 0 Å². The van der Waals surface area contributed by atoms with Gasteiger partial charge >= 0.3 is 5.97 Å². The molecule has 0 bridgehead atoms. The molecule has 3 rings (SSSR count). The van der Waals surface area contributed by atoms with Crippen LogP contribution < -0.4 is 10.1 Å². The van der Waals surface area contributed by atoms with Crippen LogP contribution >= 0.6 is 0 Å². The summed E-state index contributed by atoms with van der Waals surface area (Å²) >= 11 is 0. The molecule has 0 aliphatic rings. The molecule has 0 heterocycles. The fourth-order valence-electron chi connectivity index (χ4n) is 2.92. The van der Waals surface area contributed by atoms with Gasteiger partial charge in [0.15, 0.2) is 11.5 Å². The number of ether oxygens (including phenoxy) is 2. The summed E-state index contributed by atoms with van der Waals surface area (Å²) in [6.45, 7) is 0.153. The van der Waals surface area contributed by atoms with Crippen molar-refractivity contribution in [1.29, 1.82) is 0 Å². The highest BCUT2D eigenvalue weighted by Crippen LogP contribution is 2.32. The van der Waals surface area contributed by atoms with Crippen LogP contribution in [0.25, 0.3) is 11.1 Å². The number of phenolic OH excluding ortho intramolecular Hbond substituents is 1. The molecular formula is C23H21NO5. The number of benzene rings is 3. The Bertz CT molecular complexity index is 1010. The highest BCUT2D eigenvalue weighted by molar-refractivity contribution is 5.95. The van der Waals surface area contributed by atoms with Gasteiger partial charge in [-0.2, -0.15) is 0 Å². The highest BCUT2D eigenvalue weighted by Gasteiger charge is 2.18. The summed E-state index contributed by atoms with van der Waals surface area (Å²) in [6, 6.07) is 20.2. The van der Waals surface area contributed by atoms with E-state index in [2.05, 4.69) is 10.1 Å². The maximum Gasteiger partial charge on any atom is 0.341 e. The van der Waals surface area contributed by atoms with E-state index in [1.165, 1.54) is 20.3 Å². The second kappa shape index (κ2) is 8.93. The molecule has 0 unspecified atom stereocenters. The summed E-state index contributed by atoms with van der Waals surface area (Å²) in [5.74, 6) is -1.11. The summed E-state index contributed by atoms with van der Waals surface area (Å²) in [5, 5.41) is 12.9. The number of esters is 1. The van der Waals surface area contributed by atoms with Gasteiger partial charge in [0.1, 0.15) is 5.56 Å². The minimum absolute atomic E-state index is 0.0247. The Morgan fingerprint density at radius 1 is 0.931 bits per heavy atom. The minimum Gasteiger partial charge on any atom is -0.504 e. The zero-order valence-electron chi connectivity index (χ0n) is 16.1. The first-order valence-electron chi connectivity index (χ1n) is 8.95. The van der Waals surface area contributed by atoms with Crippen LogP contribution in [0.2, 0.25) is 0 Å². The third kappa shape index (κ3) is 4.55.